The first-order valence-corrected chi connectivity index (χ1v) is 7.86. The lowest BCUT2D eigenvalue weighted by molar-refractivity contribution is -0.117. The molecule has 1 amide bonds. The predicted octanol–water partition coefficient (Wildman–Crippen LogP) is 3.40. The van der Waals surface area contributed by atoms with Crippen molar-refractivity contribution in [3.8, 4) is 0 Å². The minimum atomic E-state index is -0.372. The minimum absolute atomic E-state index is 0.0902. The summed E-state index contributed by atoms with van der Waals surface area (Å²) in [5.41, 5.74) is 1.21. The number of ether oxygens (including phenoxy) is 1. The van der Waals surface area contributed by atoms with Gasteiger partial charge in [-0.2, -0.15) is 0 Å². The molecule has 4 heteroatoms. The van der Waals surface area contributed by atoms with Gasteiger partial charge in [-0.3, -0.25) is 4.79 Å². The molecule has 4 nitrogen and oxygen atoms in total. The third-order valence-corrected chi connectivity index (χ3v) is 4.62. The molecule has 116 valence electrons. The lowest BCUT2D eigenvalue weighted by Gasteiger charge is -2.06. The van der Waals surface area contributed by atoms with Gasteiger partial charge in [0.05, 0.1) is 12.7 Å². The van der Waals surface area contributed by atoms with E-state index in [1.54, 1.807) is 24.3 Å². The summed E-state index contributed by atoms with van der Waals surface area (Å²) in [4.78, 5) is 23.8. The van der Waals surface area contributed by atoms with Gasteiger partial charge in [0.15, 0.2) is 0 Å². The third kappa shape index (κ3) is 3.06. The molecule has 1 aromatic carbocycles. The van der Waals surface area contributed by atoms with Gasteiger partial charge in [0, 0.05) is 11.6 Å². The summed E-state index contributed by atoms with van der Waals surface area (Å²) < 4.78 is 4.66. The van der Waals surface area contributed by atoms with E-state index in [-0.39, 0.29) is 17.8 Å². The molecule has 0 saturated heterocycles. The number of nitrogens with one attached hydrogen (secondary N) is 1. The van der Waals surface area contributed by atoms with Crippen LogP contribution in [-0.2, 0) is 9.53 Å². The van der Waals surface area contributed by atoms with Crippen molar-refractivity contribution < 1.29 is 14.3 Å². The fraction of sp³-hybridized carbons (Fsp3) is 0.444. The van der Waals surface area contributed by atoms with Crippen LogP contribution in [0.15, 0.2) is 36.4 Å². The van der Waals surface area contributed by atoms with Crippen LogP contribution in [0.2, 0.25) is 0 Å². The van der Waals surface area contributed by atoms with Crippen molar-refractivity contribution in [2.45, 2.75) is 25.7 Å². The van der Waals surface area contributed by atoms with E-state index in [1.807, 2.05) is 0 Å². The number of carbonyl (C=O) groups is 2. The molecule has 1 fully saturated rings. The number of benzene rings is 1. The molecular weight excluding hydrogens is 278 g/mol. The fourth-order valence-electron chi connectivity index (χ4n) is 3.33. The lowest BCUT2D eigenvalue weighted by Crippen LogP contribution is -2.15. The van der Waals surface area contributed by atoms with Crippen LogP contribution in [0.5, 0.6) is 0 Å². The summed E-state index contributed by atoms with van der Waals surface area (Å²) in [7, 11) is 1.35. The van der Waals surface area contributed by atoms with Crippen molar-refractivity contribution in [1.29, 1.82) is 0 Å². The maximum atomic E-state index is 12.4. The van der Waals surface area contributed by atoms with Crippen molar-refractivity contribution in [2.24, 2.45) is 17.8 Å². The molecule has 1 N–H and O–H groups in total. The van der Waals surface area contributed by atoms with E-state index in [9.17, 15) is 9.59 Å². The summed E-state index contributed by atoms with van der Waals surface area (Å²) in [6.45, 7) is 0. The first-order valence-electron chi connectivity index (χ1n) is 7.86. The Kier molecular flexibility index (Phi) is 4.27. The zero-order valence-corrected chi connectivity index (χ0v) is 12.7. The Morgan fingerprint density at radius 1 is 1.18 bits per heavy atom. The van der Waals surface area contributed by atoms with E-state index in [0.29, 0.717) is 17.4 Å². The Balaban J connectivity index is 1.61. The smallest absolute Gasteiger partial charge is 0.337 e. The number of carbonyl (C=O) groups excluding carboxylic acids is 2. The van der Waals surface area contributed by atoms with Crippen LogP contribution in [0.25, 0.3) is 0 Å². The number of methoxy groups -OCH3 is 1. The number of amides is 1. The SMILES string of the molecule is COC(=O)c1ccc(NC(=O)[C@@H]2[C@H]3C=CCCCC[C@H]32)cc1. The second-order valence-corrected chi connectivity index (χ2v) is 6.04. The first kappa shape index (κ1) is 14.8. The molecule has 3 atom stereocenters. The van der Waals surface area contributed by atoms with E-state index in [2.05, 4.69) is 22.2 Å². The van der Waals surface area contributed by atoms with Crippen LogP contribution in [0.3, 0.4) is 0 Å². The Morgan fingerprint density at radius 3 is 2.68 bits per heavy atom. The van der Waals surface area contributed by atoms with Crippen LogP contribution < -0.4 is 5.32 Å². The van der Waals surface area contributed by atoms with E-state index >= 15 is 0 Å². The molecule has 2 aliphatic carbocycles. The second-order valence-electron chi connectivity index (χ2n) is 6.04. The standard InChI is InChI=1S/C18H21NO3/c1-22-18(21)12-8-10-13(11-9-12)19-17(20)16-14-6-4-2-3-5-7-15(14)16/h4,6,8-11,14-16H,2-3,5,7H2,1H3,(H,19,20)/t14-,15+,16+/m0/s1. The molecule has 0 aliphatic heterocycles. The largest absolute Gasteiger partial charge is 0.465 e. The van der Waals surface area contributed by atoms with Gasteiger partial charge in [-0.25, -0.2) is 4.79 Å². The Labute approximate surface area is 130 Å². The molecule has 2 aliphatic rings. The lowest BCUT2D eigenvalue weighted by atomic mass is 10.1. The van der Waals surface area contributed by atoms with Gasteiger partial charge in [-0.05, 0) is 55.4 Å². The predicted molar refractivity (Wildman–Crippen MR) is 84.5 cm³/mol. The van der Waals surface area contributed by atoms with Crippen molar-refractivity contribution in [1.82, 2.24) is 0 Å². The molecule has 0 heterocycles. The number of rotatable bonds is 3. The minimum Gasteiger partial charge on any atom is -0.465 e. The maximum absolute atomic E-state index is 12.4. The molecule has 0 spiro atoms. The molecule has 1 saturated carbocycles. The normalized spacial score (nSPS) is 26.3. The average Bonchev–Trinajstić information content (AvgIpc) is 3.18. The monoisotopic (exact) mass is 299 g/mol. The highest BCUT2D eigenvalue weighted by Gasteiger charge is 2.52. The van der Waals surface area contributed by atoms with Crippen LogP contribution >= 0.6 is 0 Å². The van der Waals surface area contributed by atoms with Gasteiger partial charge in [0.2, 0.25) is 5.91 Å². The topological polar surface area (TPSA) is 55.4 Å². The molecule has 0 radical (unpaired) electrons. The van der Waals surface area contributed by atoms with Gasteiger partial charge < -0.3 is 10.1 Å². The molecule has 22 heavy (non-hydrogen) atoms. The molecule has 0 aromatic heterocycles. The van der Waals surface area contributed by atoms with Crippen LogP contribution in [0.4, 0.5) is 5.69 Å². The highest BCUT2D eigenvalue weighted by molar-refractivity contribution is 5.96. The van der Waals surface area contributed by atoms with Crippen molar-refractivity contribution in [3.63, 3.8) is 0 Å². The van der Waals surface area contributed by atoms with Crippen molar-refractivity contribution in [2.75, 3.05) is 12.4 Å². The summed E-state index contributed by atoms with van der Waals surface area (Å²) in [5, 5.41) is 2.96. The number of hydrogen-bond acceptors (Lipinski definition) is 3. The quantitative estimate of drug-likeness (QED) is 0.687. The van der Waals surface area contributed by atoms with Crippen LogP contribution in [-0.4, -0.2) is 19.0 Å². The summed E-state index contributed by atoms with van der Waals surface area (Å²) in [5.74, 6) is 0.742. The highest BCUT2D eigenvalue weighted by Crippen LogP contribution is 2.51. The number of allylic oxidation sites excluding steroid dienone is 2. The van der Waals surface area contributed by atoms with Gasteiger partial charge in [-0.15, -0.1) is 0 Å². The molecular formula is C18H21NO3. The number of esters is 1. The second kappa shape index (κ2) is 6.34. The highest BCUT2D eigenvalue weighted by atomic mass is 16.5. The molecule has 3 rings (SSSR count). The van der Waals surface area contributed by atoms with Gasteiger partial charge in [0.1, 0.15) is 0 Å². The van der Waals surface area contributed by atoms with Crippen LogP contribution in [0.1, 0.15) is 36.0 Å². The zero-order valence-electron chi connectivity index (χ0n) is 12.7. The summed E-state index contributed by atoms with van der Waals surface area (Å²) in [6, 6.07) is 6.81. The van der Waals surface area contributed by atoms with Gasteiger partial charge >= 0.3 is 5.97 Å². The van der Waals surface area contributed by atoms with E-state index in [4.69, 9.17) is 0 Å². The van der Waals surface area contributed by atoms with Crippen molar-refractivity contribution >= 4 is 17.6 Å². The van der Waals surface area contributed by atoms with Crippen LogP contribution in [0, 0.1) is 17.8 Å². The van der Waals surface area contributed by atoms with Crippen molar-refractivity contribution in [3.05, 3.63) is 42.0 Å². The first-order chi connectivity index (χ1) is 10.7. The molecule has 0 unspecified atom stereocenters. The van der Waals surface area contributed by atoms with Gasteiger partial charge in [0.25, 0.3) is 0 Å². The summed E-state index contributed by atoms with van der Waals surface area (Å²) in [6.07, 6.45) is 9.15. The molecule has 1 aromatic rings. The van der Waals surface area contributed by atoms with E-state index < -0.39 is 0 Å². The Bertz CT molecular complexity index is 591. The maximum Gasteiger partial charge on any atom is 0.337 e. The Morgan fingerprint density at radius 2 is 1.95 bits per heavy atom. The molecule has 0 bridgehead atoms. The third-order valence-electron chi connectivity index (χ3n) is 4.62. The zero-order chi connectivity index (χ0) is 15.5. The van der Waals surface area contributed by atoms with E-state index in [0.717, 1.165) is 18.5 Å². The average molecular weight is 299 g/mol. The Hall–Kier alpha value is -2.10. The number of anilines is 1. The number of hydrogen-bond donors (Lipinski definition) is 1. The van der Waals surface area contributed by atoms with E-state index in [1.165, 1.54) is 20.0 Å². The number of fused-ring (bicyclic) bond motifs is 1. The summed E-state index contributed by atoms with van der Waals surface area (Å²) >= 11 is 0. The van der Waals surface area contributed by atoms with Gasteiger partial charge in [-0.1, -0.05) is 18.6 Å². The fourth-order valence-corrected chi connectivity index (χ4v) is 3.33.